The van der Waals surface area contributed by atoms with Crippen LogP contribution in [0.4, 0.5) is 0 Å². The summed E-state index contributed by atoms with van der Waals surface area (Å²) in [6.07, 6.45) is 2.93. The molecule has 0 aliphatic rings. The van der Waals surface area contributed by atoms with E-state index in [4.69, 9.17) is 4.74 Å². The number of hydrogen-bond acceptors (Lipinski definition) is 3. The largest absolute Gasteiger partial charge is 0.377 e. The van der Waals surface area contributed by atoms with Crippen LogP contribution in [0.5, 0.6) is 0 Å². The first kappa shape index (κ1) is 9.86. The summed E-state index contributed by atoms with van der Waals surface area (Å²) >= 11 is 0. The molecule has 0 aliphatic heterocycles. The molecule has 0 amide bonds. The highest BCUT2D eigenvalue weighted by atomic mass is 16.5. The molecule has 3 nitrogen and oxygen atoms in total. The van der Waals surface area contributed by atoms with Crippen LogP contribution in [-0.2, 0) is 16.0 Å². The Bertz CT molecular complexity index is 259. The van der Waals surface area contributed by atoms with Crippen molar-refractivity contribution in [2.45, 2.75) is 12.8 Å². The Morgan fingerprint density at radius 2 is 2.38 bits per heavy atom. The molecule has 1 aromatic heterocycles. The second-order valence-corrected chi connectivity index (χ2v) is 2.79. The minimum Gasteiger partial charge on any atom is -0.377 e. The van der Waals surface area contributed by atoms with E-state index in [1.807, 2.05) is 18.2 Å². The lowest BCUT2D eigenvalue weighted by Crippen LogP contribution is -2.07. The molecule has 0 N–H and O–H groups in total. The highest BCUT2D eigenvalue weighted by Gasteiger charge is 2.01. The van der Waals surface area contributed by atoms with Crippen LogP contribution in [0.3, 0.4) is 0 Å². The summed E-state index contributed by atoms with van der Waals surface area (Å²) in [6.45, 7) is 0.201. The van der Waals surface area contributed by atoms with Crippen molar-refractivity contribution >= 4 is 5.78 Å². The monoisotopic (exact) mass is 179 g/mol. The van der Waals surface area contributed by atoms with Crippen molar-refractivity contribution in [1.82, 2.24) is 4.98 Å². The fourth-order valence-corrected chi connectivity index (χ4v) is 1.05. The van der Waals surface area contributed by atoms with Gasteiger partial charge in [0, 0.05) is 25.4 Å². The second kappa shape index (κ2) is 5.43. The molecule has 0 aliphatic carbocycles. The minimum atomic E-state index is 0.119. The predicted molar refractivity (Wildman–Crippen MR) is 49.4 cm³/mol. The minimum absolute atomic E-state index is 0.119. The van der Waals surface area contributed by atoms with Gasteiger partial charge in [0.1, 0.15) is 6.61 Å². The molecule has 1 rings (SSSR count). The average Bonchev–Trinajstić information content (AvgIpc) is 2.17. The van der Waals surface area contributed by atoms with E-state index >= 15 is 0 Å². The van der Waals surface area contributed by atoms with Crippen molar-refractivity contribution in [3.8, 4) is 0 Å². The summed E-state index contributed by atoms with van der Waals surface area (Å²) in [6, 6.07) is 5.70. The van der Waals surface area contributed by atoms with Gasteiger partial charge in [0.15, 0.2) is 5.78 Å². The molecule has 0 atom stereocenters. The average molecular weight is 179 g/mol. The van der Waals surface area contributed by atoms with Crippen molar-refractivity contribution in [2.24, 2.45) is 0 Å². The molecule has 70 valence electrons. The van der Waals surface area contributed by atoms with Crippen LogP contribution in [0.1, 0.15) is 12.1 Å². The third kappa shape index (κ3) is 3.80. The molecule has 0 spiro atoms. The van der Waals surface area contributed by atoms with Gasteiger partial charge in [-0.3, -0.25) is 9.78 Å². The number of methoxy groups -OCH3 is 1. The predicted octanol–water partition coefficient (Wildman–Crippen LogP) is 1.23. The number of ketones is 1. The van der Waals surface area contributed by atoms with Gasteiger partial charge < -0.3 is 4.74 Å². The molecule has 0 bridgehead atoms. The standard InChI is InChI=1S/C10H13NO2/c1-13-8-10(12)6-5-9-4-2-3-7-11-9/h2-4,7H,5-6,8H2,1H3. The fraction of sp³-hybridized carbons (Fsp3) is 0.400. The van der Waals surface area contributed by atoms with E-state index in [9.17, 15) is 4.79 Å². The zero-order chi connectivity index (χ0) is 9.52. The van der Waals surface area contributed by atoms with E-state index in [1.165, 1.54) is 7.11 Å². The summed E-state index contributed by atoms with van der Waals surface area (Å²) in [5.74, 6) is 0.119. The maximum absolute atomic E-state index is 11.1. The number of hydrogen-bond donors (Lipinski definition) is 0. The number of ether oxygens (including phenoxy) is 1. The topological polar surface area (TPSA) is 39.2 Å². The molecule has 0 radical (unpaired) electrons. The van der Waals surface area contributed by atoms with Gasteiger partial charge in [-0.2, -0.15) is 0 Å². The molecule has 0 fully saturated rings. The SMILES string of the molecule is COCC(=O)CCc1ccccn1. The number of aromatic nitrogens is 1. The molecule has 1 heterocycles. The Kier molecular flexibility index (Phi) is 4.12. The van der Waals surface area contributed by atoms with Gasteiger partial charge in [-0.25, -0.2) is 0 Å². The van der Waals surface area contributed by atoms with Gasteiger partial charge in [0.25, 0.3) is 0 Å². The lowest BCUT2D eigenvalue weighted by molar-refractivity contribution is -0.122. The summed E-state index contributed by atoms with van der Waals surface area (Å²) < 4.78 is 4.72. The van der Waals surface area contributed by atoms with E-state index in [0.717, 1.165) is 5.69 Å². The second-order valence-electron chi connectivity index (χ2n) is 2.79. The van der Waals surface area contributed by atoms with E-state index in [-0.39, 0.29) is 12.4 Å². The first-order valence-corrected chi connectivity index (χ1v) is 4.23. The molecule has 0 saturated heterocycles. The summed E-state index contributed by atoms with van der Waals surface area (Å²) in [4.78, 5) is 15.2. The number of Topliss-reactive ketones (excluding diaryl/α,β-unsaturated/α-hetero) is 1. The van der Waals surface area contributed by atoms with E-state index in [2.05, 4.69) is 4.98 Å². The zero-order valence-corrected chi connectivity index (χ0v) is 7.69. The fourth-order valence-electron chi connectivity index (χ4n) is 1.05. The smallest absolute Gasteiger partial charge is 0.158 e. The zero-order valence-electron chi connectivity index (χ0n) is 7.69. The third-order valence-corrected chi connectivity index (χ3v) is 1.69. The van der Waals surface area contributed by atoms with Crippen LogP contribution in [-0.4, -0.2) is 24.5 Å². The molecule has 0 unspecified atom stereocenters. The quantitative estimate of drug-likeness (QED) is 0.682. The van der Waals surface area contributed by atoms with Crippen LogP contribution in [0.2, 0.25) is 0 Å². The van der Waals surface area contributed by atoms with Crippen LogP contribution < -0.4 is 0 Å². The van der Waals surface area contributed by atoms with Gasteiger partial charge in [0.2, 0.25) is 0 Å². The van der Waals surface area contributed by atoms with Gasteiger partial charge >= 0.3 is 0 Å². The number of carbonyl (C=O) groups is 1. The third-order valence-electron chi connectivity index (χ3n) is 1.69. The van der Waals surface area contributed by atoms with Crippen molar-refractivity contribution in [3.63, 3.8) is 0 Å². The first-order chi connectivity index (χ1) is 6.33. The van der Waals surface area contributed by atoms with Gasteiger partial charge in [-0.05, 0) is 18.6 Å². The maximum Gasteiger partial charge on any atom is 0.158 e. The van der Waals surface area contributed by atoms with Gasteiger partial charge in [-0.15, -0.1) is 0 Å². The highest BCUT2D eigenvalue weighted by molar-refractivity contribution is 5.79. The van der Waals surface area contributed by atoms with Crippen molar-refractivity contribution in [2.75, 3.05) is 13.7 Å². The summed E-state index contributed by atoms with van der Waals surface area (Å²) in [5.41, 5.74) is 0.951. The van der Waals surface area contributed by atoms with Crippen LogP contribution in [0, 0.1) is 0 Å². The molecule has 1 aromatic rings. The Morgan fingerprint density at radius 3 is 3.00 bits per heavy atom. The lowest BCUT2D eigenvalue weighted by Gasteiger charge is -1.98. The molecular weight excluding hydrogens is 166 g/mol. The highest BCUT2D eigenvalue weighted by Crippen LogP contribution is 1.98. The Morgan fingerprint density at radius 1 is 1.54 bits per heavy atom. The Labute approximate surface area is 77.8 Å². The molecule has 13 heavy (non-hydrogen) atoms. The summed E-state index contributed by atoms with van der Waals surface area (Å²) in [5, 5.41) is 0. The number of carbonyl (C=O) groups excluding carboxylic acids is 1. The number of pyridine rings is 1. The van der Waals surface area contributed by atoms with Crippen molar-refractivity contribution in [3.05, 3.63) is 30.1 Å². The van der Waals surface area contributed by atoms with Crippen LogP contribution in [0.25, 0.3) is 0 Å². The molecular formula is C10H13NO2. The van der Waals surface area contributed by atoms with Gasteiger partial charge in [-0.1, -0.05) is 6.07 Å². The Balaban J connectivity index is 2.31. The van der Waals surface area contributed by atoms with Gasteiger partial charge in [0.05, 0.1) is 0 Å². The normalized spacial score (nSPS) is 9.92. The number of rotatable bonds is 5. The molecule has 3 heteroatoms. The first-order valence-electron chi connectivity index (χ1n) is 4.23. The number of nitrogens with zero attached hydrogens (tertiary/aromatic N) is 1. The number of aryl methyl sites for hydroxylation is 1. The van der Waals surface area contributed by atoms with E-state index in [0.29, 0.717) is 12.8 Å². The maximum atomic E-state index is 11.1. The van der Waals surface area contributed by atoms with Crippen LogP contribution >= 0.6 is 0 Å². The van der Waals surface area contributed by atoms with Crippen molar-refractivity contribution < 1.29 is 9.53 Å². The molecule has 0 saturated carbocycles. The van der Waals surface area contributed by atoms with E-state index in [1.54, 1.807) is 6.20 Å². The Hall–Kier alpha value is -1.22. The summed E-state index contributed by atoms with van der Waals surface area (Å²) in [7, 11) is 1.53. The molecule has 0 aromatic carbocycles. The lowest BCUT2D eigenvalue weighted by atomic mass is 10.2. The van der Waals surface area contributed by atoms with Crippen LogP contribution in [0.15, 0.2) is 24.4 Å². The van der Waals surface area contributed by atoms with E-state index < -0.39 is 0 Å². The van der Waals surface area contributed by atoms with Crippen molar-refractivity contribution in [1.29, 1.82) is 0 Å².